The van der Waals surface area contributed by atoms with E-state index in [2.05, 4.69) is 31.3 Å². The minimum absolute atomic E-state index is 0.0723. The van der Waals surface area contributed by atoms with E-state index in [0.717, 1.165) is 25.1 Å². The lowest BCUT2D eigenvalue weighted by Gasteiger charge is -2.34. The minimum atomic E-state index is -0.202. The van der Waals surface area contributed by atoms with Crippen LogP contribution in [0.1, 0.15) is 38.3 Å². The van der Waals surface area contributed by atoms with E-state index in [-0.39, 0.29) is 17.7 Å². The SMILES string of the molecule is CC1(C)Oc2ccccc2C1NCC1CC(O)C1. The van der Waals surface area contributed by atoms with Gasteiger partial charge in [-0.05, 0) is 45.2 Å². The van der Waals surface area contributed by atoms with Gasteiger partial charge in [0.15, 0.2) is 0 Å². The minimum Gasteiger partial charge on any atom is -0.486 e. The quantitative estimate of drug-likeness (QED) is 0.861. The van der Waals surface area contributed by atoms with Gasteiger partial charge in [0.2, 0.25) is 0 Å². The molecule has 1 heterocycles. The van der Waals surface area contributed by atoms with E-state index in [9.17, 15) is 5.11 Å². The molecular weight excluding hydrogens is 226 g/mol. The zero-order valence-electron chi connectivity index (χ0n) is 11.0. The Labute approximate surface area is 108 Å². The lowest BCUT2D eigenvalue weighted by molar-refractivity contribution is 0.0353. The number of nitrogens with one attached hydrogen (secondary N) is 1. The third kappa shape index (κ3) is 2.02. The molecule has 0 radical (unpaired) electrons. The Bertz CT molecular complexity index is 438. The third-order valence-corrected chi connectivity index (χ3v) is 4.12. The second-order valence-corrected chi connectivity index (χ2v) is 6.08. The van der Waals surface area contributed by atoms with Crippen molar-refractivity contribution in [3.05, 3.63) is 29.8 Å². The van der Waals surface area contributed by atoms with E-state index in [1.165, 1.54) is 5.56 Å². The van der Waals surface area contributed by atoms with Gasteiger partial charge in [-0.2, -0.15) is 0 Å². The maximum absolute atomic E-state index is 9.32. The molecule has 3 nitrogen and oxygen atoms in total. The molecular formula is C15H21NO2. The number of aliphatic hydroxyl groups excluding tert-OH is 1. The van der Waals surface area contributed by atoms with Gasteiger partial charge in [-0.15, -0.1) is 0 Å². The summed E-state index contributed by atoms with van der Waals surface area (Å²) in [7, 11) is 0. The number of para-hydroxylation sites is 1. The lowest BCUT2D eigenvalue weighted by Crippen LogP contribution is -2.43. The summed E-state index contributed by atoms with van der Waals surface area (Å²) in [5, 5.41) is 12.9. The molecule has 0 amide bonds. The molecule has 1 aliphatic heterocycles. The molecule has 0 aromatic heterocycles. The van der Waals surface area contributed by atoms with Gasteiger partial charge in [0.1, 0.15) is 11.4 Å². The molecule has 2 N–H and O–H groups in total. The Morgan fingerprint density at radius 3 is 2.78 bits per heavy atom. The summed E-state index contributed by atoms with van der Waals surface area (Å²) < 4.78 is 6.00. The number of fused-ring (bicyclic) bond motifs is 1. The zero-order valence-corrected chi connectivity index (χ0v) is 11.0. The molecule has 1 fully saturated rings. The van der Waals surface area contributed by atoms with Gasteiger partial charge in [-0.25, -0.2) is 0 Å². The van der Waals surface area contributed by atoms with E-state index in [1.54, 1.807) is 0 Å². The van der Waals surface area contributed by atoms with Crippen LogP contribution in [0.15, 0.2) is 24.3 Å². The Balaban J connectivity index is 1.70. The van der Waals surface area contributed by atoms with Gasteiger partial charge in [-0.1, -0.05) is 18.2 Å². The molecule has 1 unspecified atom stereocenters. The van der Waals surface area contributed by atoms with E-state index in [0.29, 0.717) is 5.92 Å². The summed E-state index contributed by atoms with van der Waals surface area (Å²) in [6, 6.07) is 8.49. The number of hydrogen-bond donors (Lipinski definition) is 2. The van der Waals surface area contributed by atoms with Crippen molar-refractivity contribution < 1.29 is 9.84 Å². The summed E-state index contributed by atoms with van der Waals surface area (Å²) in [4.78, 5) is 0. The van der Waals surface area contributed by atoms with Crippen molar-refractivity contribution in [1.82, 2.24) is 5.32 Å². The molecule has 1 atom stereocenters. The Morgan fingerprint density at radius 2 is 2.06 bits per heavy atom. The van der Waals surface area contributed by atoms with Crippen molar-refractivity contribution in [2.45, 2.75) is 44.4 Å². The van der Waals surface area contributed by atoms with Crippen LogP contribution in [-0.2, 0) is 0 Å². The Hall–Kier alpha value is -1.06. The van der Waals surface area contributed by atoms with Gasteiger partial charge in [0, 0.05) is 5.56 Å². The average molecular weight is 247 g/mol. The number of rotatable bonds is 3. The van der Waals surface area contributed by atoms with Crippen molar-refractivity contribution in [2.24, 2.45) is 5.92 Å². The molecule has 0 bridgehead atoms. The molecule has 3 heteroatoms. The number of benzene rings is 1. The average Bonchev–Trinajstić information content (AvgIpc) is 2.53. The monoisotopic (exact) mass is 247 g/mol. The van der Waals surface area contributed by atoms with Crippen LogP contribution in [0.5, 0.6) is 5.75 Å². The fraction of sp³-hybridized carbons (Fsp3) is 0.600. The second kappa shape index (κ2) is 4.25. The molecule has 18 heavy (non-hydrogen) atoms. The van der Waals surface area contributed by atoms with E-state index in [4.69, 9.17) is 4.74 Å². The van der Waals surface area contributed by atoms with Crippen LogP contribution >= 0.6 is 0 Å². The van der Waals surface area contributed by atoms with Crippen molar-refractivity contribution in [2.75, 3.05) is 6.54 Å². The third-order valence-electron chi connectivity index (χ3n) is 4.12. The lowest BCUT2D eigenvalue weighted by atomic mass is 9.82. The smallest absolute Gasteiger partial charge is 0.125 e. The van der Waals surface area contributed by atoms with Crippen LogP contribution in [0.4, 0.5) is 0 Å². The number of aliphatic hydroxyl groups is 1. The first-order valence-electron chi connectivity index (χ1n) is 6.75. The summed E-state index contributed by atoms with van der Waals surface area (Å²) in [5.74, 6) is 1.61. The van der Waals surface area contributed by atoms with Crippen LogP contribution in [0.3, 0.4) is 0 Å². The highest BCUT2D eigenvalue weighted by Crippen LogP contribution is 2.43. The van der Waals surface area contributed by atoms with Crippen LogP contribution < -0.4 is 10.1 Å². The standard InChI is InChI=1S/C15H21NO2/c1-15(2)14(16-9-10-7-11(17)8-10)12-5-3-4-6-13(12)18-15/h3-6,10-11,14,16-17H,7-9H2,1-2H3. The van der Waals surface area contributed by atoms with Crippen LogP contribution in [0, 0.1) is 5.92 Å². The fourth-order valence-electron chi connectivity index (χ4n) is 3.04. The number of hydrogen-bond acceptors (Lipinski definition) is 3. The van der Waals surface area contributed by atoms with E-state index >= 15 is 0 Å². The molecule has 3 rings (SSSR count). The summed E-state index contributed by atoms with van der Waals surface area (Å²) in [5.41, 5.74) is 1.05. The molecule has 1 aromatic carbocycles. The Morgan fingerprint density at radius 1 is 1.33 bits per heavy atom. The first-order chi connectivity index (χ1) is 8.56. The van der Waals surface area contributed by atoms with Gasteiger partial charge >= 0.3 is 0 Å². The summed E-state index contributed by atoms with van der Waals surface area (Å²) in [6.07, 6.45) is 1.79. The molecule has 2 aliphatic rings. The molecule has 98 valence electrons. The predicted octanol–water partition coefficient (Wildman–Crippen LogP) is 2.26. The van der Waals surface area contributed by atoms with Gasteiger partial charge in [0.05, 0.1) is 12.1 Å². The van der Waals surface area contributed by atoms with Gasteiger partial charge in [-0.3, -0.25) is 0 Å². The molecule has 0 spiro atoms. The fourth-order valence-corrected chi connectivity index (χ4v) is 3.04. The predicted molar refractivity (Wildman–Crippen MR) is 70.6 cm³/mol. The van der Waals surface area contributed by atoms with Crippen LogP contribution in [-0.4, -0.2) is 23.4 Å². The highest BCUT2D eigenvalue weighted by atomic mass is 16.5. The highest BCUT2D eigenvalue weighted by molar-refractivity contribution is 5.42. The van der Waals surface area contributed by atoms with Crippen LogP contribution in [0.2, 0.25) is 0 Å². The second-order valence-electron chi connectivity index (χ2n) is 6.08. The first-order valence-corrected chi connectivity index (χ1v) is 6.75. The van der Waals surface area contributed by atoms with E-state index < -0.39 is 0 Å². The topological polar surface area (TPSA) is 41.5 Å². The zero-order chi connectivity index (χ0) is 12.8. The highest BCUT2D eigenvalue weighted by Gasteiger charge is 2.41. The largest absolute Gasteiger partial charge is 0.486 e. The first kappa shape index (κ1) is 12.0. The van der Waals surface area contributed by atoms with E-state index in [1.807, 2.05) is 12.1 Å². The number of ether oxygens (including phenoxy) is 1. The summed E-state index contributed by atoms with van der Waals surface area (Å²) in [6.45, 7) is 5.21. The van der Waals surface area contributed by atoms with Crippen LogP contribution in [0.25, 0.3) is 0 Å². The van der Waals surface area contributed by atoms with Crippen molar-refractivity contribution >= 4 is 0 Å². The van der Waals surface area contributed by atoms with Crippen molar-refractivity contribution in [3.63, 3.8) is 0 Å². The molecule has 0 saturated heterocycles. The Kier molecular flexibility index (Phi) is 2.83. The maximum atomic E-state index is 9.32. The molecule has 1 aromatic rings. The van der Waals surface area contributed by atoms with Crippen molar-refractivity contribution in [3.8, 4) is 5.75 Å². The van der Waals surface area contributed by atoms with Gasteiger partial charge < -0.3 is 15.2 Å². The normalized spacial score (nSPS) is 32.5. The van der Waals surface area contributed by atoms with Crippen molar-refractivity contribution in [1.29, 1.82) is 0 Å². The molecule has 1 aliphatic carbocycles. The summed E-state index contributed by atoms with van der Waals surface area (Å²) >= 11 is 0. The maximum Gasteiger partial charge on any atom is 0.125 e. The molecule has 1 saturated carbocycles. The van der Waals surface area contributed by atoms with Gasteiger partial charge in [0.25, 0.3) is 0 Å².